The van der Waals surface area contributed by atoms with Crippen LogP contribution in [-0.2, 0) is 0 Å². The van der Waals surface area contributed by atoms with E-state index in [-0.39, 0.29) is 0 Å². The van der Waals surface area contributed by atoms with Gasteiger partial charge in [-0.25, -0.2) is 0 Å². The first kappa shape index (κ1) is 12.4. The minimum absolute atomic E-state index is 0.522. The first-order chi connectivity index (χ1) is 9.78. The third kappa shape index (κ3) is 1.88. The summed E-state index contributed by atoms with van der Waals surface area (Å²) in [6.45, 7) is 2.21. The molecule has 2 aromatic rings. The van der Waals surface area contributed by atoms with Gasteiger partial charge in [0.1, 0.15) is 0 Å². The zero-order chi connectivity index (χ0) is 13.7. The van der Waals surface area contributed by atoms with Crippen LogP contribution in [0.2, 0.25) is 0 Å². The zero-order valence-electron chi connectivity index (χ0n) is 12.4. The van der Waals surface area contributed by atoms with Crippen molar-refractivity contribution in [2.24, 2.45) is 17.8 Å². The predicted molar refractivity (Wildman–Crippen MR) is 84.8 cm³/mol. The molecule has 2 saturated carbocycles. The van der Waals surface area contributed by atoms with Gasteiger partial charge in [0.15, 0.2) is 0 Å². The average Bonchev–Trinajstić information content (AvgIpc) is 3.09. The normalized spacial score (nSPS) is 29.4. The Bertz CT molecular complexity index is 635. The van der Waals surface area contributed by atoms with Crippen LogP contribution in [0.3, 0.4) is 0 Å². The number of hydrogen-bond acceptors (Lipinski definition) is 1. The molecule has 2 aliphatic rings. The van der Waals surface area contributed by atoms with Gasteiger partial charge in [0.2, 0.25) is 0 Å². The second-order valence-electron chi connectivity index (χ2n) is 6.77. The molecule has 1 N–H and O–H groups in total. The Morgan fingerprint density at radius 2 is 1.65 bits per heavy atom. The molecule has 3 atom stereocenters. The van der Waals surface area contributed by atoms with E-state index >= 15 is 0 Å². The number of nitrogens with one attached hydrogen (secondary N) is 1. The SMILES string of the molecule is CNC(c1ccc(C)c2ccccc12)C1CC2CC2C1. The van der Waals surface area contributed by atoms with Gasteiger partial charge in [-0.05, 0) is 72.9 Å². The van der Waals surface area contributed by atoms with Gasteiger partial charge < -0.3 is 5.32 Å². The van der Waals surface area contributed by atoms with E-state index in [0.29, 0.717) is 6.04 Å². The van der Waals surface area contributed by atoms with Crippen LogP contribution in [0, 0.1) is 24.7 Å². The zero-order valence-corrected chi connectivity index (χ0v) is 12.4. The van der Waals surface area contributed by atoms with Crippen LogP contribution < -0.4 is 5.32 Å². The van der Waals surface area contributed by atoms with Crippen molar-refractivity contribution in [1.82, 2.24) is 5.32 Å². The molecule has 1 heteroatoms. The molecule has 1 nitrogen and oxygen atoms in total. The summed E-state index contributed by atoms with van der Waals surface area (Å²) in [5.41, 5.74) is 2.88. The van der Waals surface area contributed by atoms with E-state index in [2.05, 4.69) is 55.7 Å². The Hall–Kier alpha value is -1.34. The van der Waals surface area contributed by atoms with Crippen LogP contribution in [0.1, 0.15) is 36.4 Å². The van der Waals surface area contributed by atoms with Gasteiger partial charge in [0.25, 0.3) is 0 Å². The Morgan fingerprint density at radius 1 is 0.950 bits per heavy atom. The molecule has 0 spiro atoms. The van der Waals surface area contributed by atoms with Crippen molar-refractivity contribution in [1.29, 1.82) is 0 Å². The first-order valence-electron chi connectivity index (χ1n) is 7.93. The smallest absolute Gasteiger partial charge is 0.0352 e. The predicted octanol–water partition coefficient (Wildman–Crippen LogP) is 4.45. The van der Waals surface area contributed by atoms with Gasteiger partial charge in [-0.15, -0.1) is 0 Å². The van der Waals surface area contributed by atoms with Crippen LogP contribution in [0.5, 0.6) is 0 Å². The Morgan fingerprint density at radius 3 is 2.35 bits per heavy atom. The van der Waals surface area contributed by atoms with E-state index in [0.717, 1.165) is 17.8 Å². The molecule has 2 aromatic carbocycles. The van der Waals surface area contributed by atoms with Gasteiger partial charge in [-0.2, -0.15) is 0 Å². The molecule has 0 saturated heterocycles. The van der Waals surface area contributed by atoms with Crippen molar-refractivity contribution < 1.29 is 0 Å². The standard InChI is InChI=1S/C19H23N/c1-12-7-8-18(17-6-4-3-5-16(12)17)19(20-2)15-10-13-9-14(13)11-15/h3-8,13-15,19-20H,9-11H2,1-2H3. The van der Waals surface area contributed by atoms with Crippen molar-refractivity contribution in [3.63, 3.8) is 0 Å². The molecular weight excluding hydrogens is 242 g/mol. The lowest BCUT2D eigenvalue weighted by Gasteiger charge is -2.26. The second kappa shape index (κ2) is 4.60. The topological polar surface area (TPSA) is 12.0 Å². The summed E-state index contributed by atoms with van der Waals surface area (Å²) in [6, 6.07) is 14.0. The summed E-state index contributed by atoms with van der Waals surface area (Å²) in [5.74, 6) is 2.93. The highest BCUT2D eigenvalue weighted by Crippen LogP contribution is 2.57. The quantitative estimate of drug-likeness (QED) is 0.864. The fraction of sp³-hybridized carbons (Fsp3) is 0.474. The second-order valence-corrected chi connectivity index (χ2v) is 6.77. The third-order valence-electron chi connectivity index (χ3n) is 5.57. The van der Waals surface area contributed by atoms with E-state index in [1.165, 1.54) is 41.2 Å². The number of aryl methyl sites for hydroxylation is 1. The summed E-state index contributed by atoms with van der Waals surface area (Å²) < 4.78 is 0. The molecule has 3 unspecified atom stereocenters. The molecule has 0 aromatic heterocycles. The van der Waals surface area contributed by atoms with Crippen LogP contribution in [0.4, 0.5) is 0 Å². The highest BCUT2D eigenvalue weighted by Gasteiger charge is 2.47. The van der Waals surface area contributed by atoms with E-state index in [9.17, 15) is 0 Å². The van der Waals surface area contributed by atoms with Crippen LogP contribution in [-0.4, -0.2) is 7.05 Å². The van der Waals surface area contributed by atoms with E-state index in [1.54, 1.807) is 0 Å². The molecule has 0 radical (unpaired) electrons. The van der Waals surface area contributed by atoms with Crippen molar-refractivity contribution in [3.05, 3.63) is 47.5 Å². The lowest BCUT2D eigenvalue weighted by atomic mass is 9.86. The maximum Gasteiger partial charge on any atom is 0.0352 e. The number of hydrogen-bond donors (Lipinski definition) is 1. The summed E-state index contributed by atoms with van der Waals surface area (Å²) in [7, 11) is 2.13. The van der Waals surface area contributed by atoms with Gasteiger partial charge in [0, 0.05) is 6.04 Å². The molecule has 0 amide bonds. The Balaban J connectivity index is 1.78. The molecule has 2 aliphatic carbocycles. The van der Waals surface area contributed by atoms with Crippen LogP contribution in [0.15, 0.2) is 36.4 Å². The van der Waals surface area contributed by atoms with Crippen molar-refractivity contribution in [2.75, 3.05) is 7.05 Å². The summed E-state index contributed by atoms with van der Waals surface area (Å²) >= 11 is 0. The first-order valence-corrected chi connectivity index (χ1v) is 7.93. The van der Waals surface area contributed by atoms with E-state index in [1.807, 2.05) is 0 Å². The molecule has 0 bridgehead atoms. The molecular formula is C19H23N. The molecule has 2 fully saturated rings. The minimum atomic E-state index is 0.522. The summed E-state index contributed by atoms with van der Waals surface area (Å²) in [4.78, 5) is 0. The summed E-state index contributed by atoms with van der Waals surface area (Å²) in [6.07, 6.45) is 4.36. The van der Waals surface area contributed by atoms with Crippen molar-refractivity contribution in [3.8, 4) is 0 Å². The monoisotopic (exact) mass is 265 g/mol. The molecule has 104 valence electrons. The molecule has 0 heterocycles. The number of rotatable bonds is 3. The lowest BCUT2D eigenvalue weighted by molar-refractivity contribution is 0.361. The number of fused-ring (bicyclic) bond motifs is 2. The fourth-order valence-corrected chi connectivity index (χ4v) is 4.42. The third-order valence-corrected chi connectivity index (χ3v) is 5.57. The van der Waals surface area contributed by atoms with Gasteiger partial charge >= 0.3 is 0 Å². The molecule has 0 aliphatic heterocycles. The highest BCUT2D eigenvalue weighted by atomic mass is 14.9. The highest BCUT2D eigenvalue weighted by molar-refractivity contribution is 5.89. The fourth-order valence-electron chi connectivity index (χ4n) is 4.42. The maximum absolute atomic E-state index is 3.61. The van der Waals surface area contributed by atoms with Crippen LogP contribution in [0.25, 0.3) is 10.8 Å². The van der Waals surface area contributed by atoms with Gasteiger partial charge in [0.05, 0.1) is 0 Å². The largest absolute Gasteiger partial charge is 0.313 e. The molecule has 4 rings (SSSR count). The lowest BCUT2D eigenvalue weighted by Crippen LogP contribution is -2.24. The van der Waals surface area contributed by atoms with E-state index in [4.69, 9.17) is 0 Å². The van der Waals surface area contributed by atoms with Crippen molar-refractivity contribution in [2.45, 2.75) is 32.2 Å². The van der Waals surface area contributed by atoms with E-state index < -0.39 is 0 Å². The summed E-state index contributed by atoms with van der Waals surface area (Å²) in [5, 5.41) is 6.46. The van der Waals surface area contributed by atoms with Gasteiger partial charge in [-0.3, -0.25) is 0 Å². The van der Waals surface area contributed by atoms with Crippen molar-refractivity contribution >= 4 is 10.8 Å². The van der Waals surface area contributed by atoms with Gasteiger partial charge in [-0.1, -0.05) is 36.4 Å². The Kier molecular flexibility index (Phi) is 2.85. The van der Waals surface area contributed by atoms with Crippen LogP contribution >= 0.6 is 0 Å². The molecule has 20 heavy (non-hydrogen) atoms. The number of benzene rings is 2. The maximum atomic E-state index is 3.61. The minimum Gasteiger partial charge on any atom is -0.313 e. The Labute approximate surface area is 121 Å². The average molecular weight is 265 g/mol.